The summed E-state index contributed by atoms with van der Waals surface area (Å²) in [7, 11) is 0. The first-order chi connectivity index (χ1) is 18.7. The molecule has 1 aliphatic heterocycles. The Morgan fingerprint density at radius 2 is 1.68 bits per heavy atom. The molecular weight excluding hydrogens is 494 g/mol. The summed E-state index contributed by atoms with van der Waals surface area (Å²) in [6.07, 6.45) is 1.99. The largest absolute Gasteiger partial charge is 0.351 e. The van der Waals surface area contributed by atoms with E-state index in [-0.39, 0.29) is 11.6 Å². The number of rotatable bonds is 8. The highest BCUT2D eigenvalue weighted by Crippen LogP contribution is 2.25. The number of piperidine rings is 1. The van der Waals surface area contributed by atoms with Gasteiger partial charge in [0.1, 0.15) is 0 Å². The van der Waals surface area contributed by atoms with Crippen LogP contribution in [0.4, 0.5) is 11.9 Å². The van der Waals surface area contributed by atoms with E-state index in [1.165, 1.54) is 0 Å². The normalized spacial score (nSPS) is 15.7. The number of nitrogens with two attached hydrogens (primary N) is 1. The van der Waals surface area contributed by atoms with Gasteiger partial charge < -0.3 is 16.0 Å². The lowest BCUT2D eigenvalue weighted by molar-refractivity contribution is 0.495. The van der Waals surface area contributed by atoms with Crippen LogP contribution in [0.25, 0.3) is 11.2 Å². The molecule has 1 atom stereocenters. The van der Waals surface area contributed by atoms with E-state index in [2.05, 4.69) is 34.5 Å². The Balaban J connectivity index is 1.49. The Kier molecular flexibility index (Phi) is 6.94. The molecule has 0 radical (unpaired) electrons. The highest BCUT2D eigenvalue weighted by molar-refractivity contribution is 7.09. The van der Waals surface area contributed by atoms with Crippen LogP contribution in [0, 0.1) is 0 Å². The molecule has 3 aromatic heterocycles. The van der Waals surface area contributed by atoms with E-state index in [0.29, 0.717) is 43.3 Å². The van der Waals surface area contributed by atoms with Crippen LogP contribution in [-0.2, 0) is 19.6 Å². The van der Waals surface area contributed by atoms with Gasteiger partial charge in [-0.25, -0.2) is 0 Å². The fraction of sp³-hybridized carbons (Fsp3) is 0.276. The summed E-state index contributed by atoms with van der Waals surface area (Å²) < 4.78 is 3.77. The van der Waals surface area contributed by atoms with Gasteiger partial charge in [-0.3, -0.25) is 13.9 Å². The van der Waals surface area contributed by atoms with Crippen LogP contribution >= 0.6 is 11.3 Å². The predicted molar refractivity (Wildman–Crippen MR) is 154 cm³/mol. The van der Waals surface area contributed by atoms with Gasteiger partial charge in [0.2, 0.25) is 11.9 Å². The number of benzene rings is 2. The third-order valence-electron chi connectivity index (χ3n) is 6.96. The molecule has 2 aromatic carbocycles. The lowest BCUT2D eigenvalue weighted by atomic mass is 10.1. The number of nitrogens with zero attached hydrogens (tertiary/aromatic N) is 5. The second-order valence-electron chi connectivity index (χ2n) is 9.75. The molecule has 0 bridgehead atoms. The van der Waals surface area contributed by atoms with Crippen molar-refractivity contribution >= 4 is 34.4 Å². The lowest BCUT2D eigenvalue weighted by Crippen LogP contribution is -2.44. The second-order valence-corrected chi connectivity index (χ2v) is 10.8. The summed E-state index contributed by atoms with van der Waals surface area (Å²) in [6, 6.07) is 24.4. The minimum absolute atomic E-state index is 0.0836. The fourth-order valence-corrected chi connectivity index (χ4v) is 5.76. The summed E-state index contributed by atoms with van der Waals surface area (Å²) in [6.45, 7) is 3.10. The highest BCUT2D eigenvalue weighted by atomic mass is 32.1. The Hall–Kier alpha value is -3.95. The summed E-state index contributed by atoms with van der Waals surface area (Å²) in [5.74, 6) is 1.28. The van der Waals surface area contributed by atoms with Crippen LogP contribution in [0.15, 0.2) is 83.0 Å². The number of thiophene rings is 1. The molecule has 0 saturated carbocycles. The van der Waals surface area contributed by atoms with Crippen molar-refractivity contribution in [2.45, 2.75) is 38.5 Å². The van der Waals surface area contributed by atoms with Crippen molar-refractivity contribution in [3.8, 4) is 0 Å². The third kappa shape index (κ3) is 5.07. The summed E-state index contributed by atoms with van der Waals surface area (Å²) in [5.41, 5.74) is 9.43. The first-order valence-electron chi connectivity index (χ1n) is 13.0. The molecule has 0 spiro atoms. The van der Waals surface area contributed by atoms with E-state index in [1.54, 1.807) is 15.9 Å². The number of aromatic nitrogens is 4. The van der Waals surface area contributed by atoms with Gasteiger partial charge in [0.25, 0.3) is 5.56 Å². The molecule has 1 fully saturated rings. The minimum atomic E-state index is -0.102. The molecular formula is C29H31N7OS. The number of anilines is 2. The number of fused-ring (bicyclic) bond motifs is 1. The fourth-order valence-electron chi connectivity index (χ4n) is 5.07. The number of nitrogens with one attached hydrogen (secondary N) is 1. The Morgan fingerprint density at radius 3 is 2.39 bits per heavy atom. The van der Waals surface area contributed by atoms with E-state index in [1.807, 2.05) is 58.5 Å². The summed E-state index contributed by atoms with van der Waals surface area (Å²) in [5, 5.41) is 5.44. The van der Waals surface area contributed by atoms with Gasteiger partial charge in [0, 0.05) is 30.6 Å². The third-order valence-corrected chi connectivity index (χ3v) is 7.82. The van der Waals surface area contributed by atoms with Gasteiger partial charge >= 0.3 is 0 Å². The van der Waals surface area contributed by atoms with Crippen molar-refractivity contribution < 1.29 is 0 Å². The smallest absolute Gasteiger partial charge is 0.281 e. The first kappa shape index (κ1) is 24.4. The molecule has 5 aromatic rings. The van der Waals surface area contributed by atoms with Gasteiger partial charge in [-0.2, -0.15) is 9.97 Å². The van der Waals surface area contributed by atoms with Crippen molar-refractivity contribution in [1.29, 1.82) is 0 Å². The Morgan fingerprint density at radius 1 is 0.921 bits per heavy atom. The van der Waals surface area contributed by atoms with E-state index in [0.717, 1.165) is 41.3 Å². The number of hydrogen-bond acceptors (Lipinski definition) is 7. The zero-order valence-corrected chi connectivity index (χ0v) is 22.0. The quantitative estimate of drug-likeness (QED) is 0.314. The van der Waals surface area contributed by atoms with Crippen LogP contribution in [0.2, 0.25) is 0 Å². The zero-order valence-electron chi connectivity index (χ0n) is 21.2. The van der Waals surface area contributed by atoms with Crippen molar-refractivity contribution in [3.05, 3.63) is 105 Å². The maximum atomic E-state index is 14.2. The van der Waals surface area contributed by atoms with E-state index in [9.17, 15) is 4.79 Å². The van der Waals surface area contributed by atoms with Crippen LogP contribution < -0.4 is 21.5 Å². The van der Waals surface area contributed by atoms with E-state index < -0.39 is 0 Å². The average Bonchev–Trinajstić information content (AvgIpc) is 3.59. The monoisotopic (exact) mass is 525 g/mol. The van der Waals surface area contributed by atoms with Crippen LogP contribution in [0.3, 0.4) is 0 Å². The lowest BCUT2D eigenvalue weighted by Gasteiger charge is -2.31. The number of hydrogen-bond donors (Lipinski definition) is 2. The second kappa shape index (κ2) is 10.8. The topological polar surface area (TPSA) is 94.0 Å². The summed E-state index contributed by atoms with van der Waals surface area (Å²) in [4.78, 5) is 27.4. The Labute approximate surface area is 225 Å². The van der Waals surface area contributed by atoms with Gasteiger partial charge in [0.15, 0.2) is 11.2 Å². The molecule has 194 valence electrons. The van der Waals surface area contributed by atoms with E-state index >= 15 is 0 Å². The Bertz CT molecular complexity index is 1560. The molecule has 38 heavy (non-hydrogen) atoms. The highest BCUT2D eigenvalue weighted by Gasteiger charge is 2.26. The average molecular weight is 526 g/mol. The van der Waals surface area contributed by atoms with Crippen LogP contribution in [-0.4, -0.2) is 38.2 Å². The molecule has 1 saturated heterocycles. The number of imidazole rings is 1. The van der Waals surface area contributed by atoms with Crippen molar-refractivity contribution in [2.75, 3.05) is 23.3 Å². The standard InChI is InChI=1S/C29H31N7OS/c30-23-13-7-15-34(19-23)29-33-26-25(35(29)18-22-11-5-2-6-12-22)27(37)36(20-24-14-8-16-38-24)28(32-26)31-17-21-9-3-1-4-10-21/h1-6,8-12,14,16,23H,7,13,15,17-20,30H2,(H,31,32). The maximum Gasteiger partial charge on any atom is 0.281 e. The molecule has 0 amide bonds. The van der Waals surface area contributed by atoms with Crippen molar-refractivity contribution in [1.82, 2.24) is 19.1 Å². The molecule has 6 rings (SSSR count). The first-order valence-corrected chi connectivity index (χ1v) is 13.9. The maximum absolute atomic E-state index is 14.2. The molecule has 0 aliphatic carbocycles. The zero-order chi connectivity index (χ0) is 25.9. The van der Waals surface area contributed by atoms with Crippen molar-refractivity contribution in [2.24, 2.45) is 5.73 Å². The van der Waals surface area contributed by atoms with Gasteiger partial charge in [-0.15, -0.1) is 11.3 Å². The van der Waals surface area contributed by atoms with Gasteiger partial charge in [-0.05, 0) is 35.4 Å². The molecule has 4 heterocycles. The molecule has 9 heteroatoms. The van der Waals surface area contributed by atoms with Gasteiger partial charge in [0.05, 0.1) is 13.1 Å². The minimum Gasteiger partial charge on any atom is -0.351 e. The SMILES string of the molecule is NC1CCCN(c2nc3nc(NCc4ccccc4)n(Cc4cccs4)c(=O)c3n2Cc2ccccc2)C1. The molecule has 1 aliphatic rings. The summed E-state index contributed by atoms with van der Waals surface area (Å²) >= 11 is 1.63. The predicted octanol–water partition coefficient (Wildman–Crippen LogP) is 4.29. The van der Waals surface area contributed by atoms with Crippen LogP contribution in [0.5, 0.6) is 0 Å². The van der Waals surface area contributed by atoms with Gasteiger partial charge in [-0.1, -0.05) is 66.7 Å². The van der Waals surface area contributed by atoms with E-state index in [4.69, 9.17) is 15.7 Å². The molecule has 8 nitrogen and oxygen atoms in total. The molecule has 1 unspecified atom stereocenters. The van der Waals surface area contributed by atoms with Crippen LogP contribution in [0.1, 0.15) is 28.8 Å². The van der Waals surface area contributed by atoms with Crippen molar-refractivity contribution in [3.63, 3.8) is 0 Å². The molecule has 3 N–H and O–H groups in total.